The second-order valence-corrected chi connectivity index (χ2v) is 9.12. The van der Waals surface area contributed by atoms with Crippen molar-refractivity contribution < 1.29 is 4.79 Å². The van der Waals surface area contributed by atoms with Gasteiger partial charge in [-0.1, -0.05) is 35.9 Å². The van der Waals surface area contributed by atoms with Crippen LogP contribution >= 0.6 is 11.6 Å². The number of nitrogens with zero attached hydrogens (tertiary/aromatic N) is 5. The van der Waals surface area contributed by atoms with Crippen molar-refractivity contribution in [2.75, 3.05) is 19.4 Å². The molecule has 0 bridgehead atoms. The molecule has 35 heavy (non-hydrogen) atoms. The van der Waals surface area contributed by atoms with E-state index in [0.29, 0.717) is 5.02 Å². The Kier molecular flexibility index (Phi) is 6.11. The van der Waals surface area contributed by atoms with Crippen molar-refractivity contribution in [1.29, 1.82) is 0 Å². The summed E-state index contributed by atoms with van der Waals surface area (Å²) in [7, 11) is 5.67. The van der Waals surface area contributed by atoms with E-state index in [4.69, 9.17) is 11.6 Å². The van der Waals surface area contributed by atoms with E-state index in [-0.39, 0.29) is 5.91 Å². The van der Waals surface area contributed by atoms with Crippen molar-refractivity contribution in [2.45, 2.75) is 6.04 Å². The van der Waals surface area contributed by atoms with Gasteiger partial charge in [-0.2, -0.15) is 5.10 Å². The lowest BCUT2D eigenvalue weighted by molar-refractivity contribution is -0.120. The molecule has 0 radical (unpaired) electrons. The molecule has 5 aromatic rings. The number of halogens is 1. The molecule has 7 nitrogen and oxygen atoms in total. The predicted molar refractivity (Wildman–Crippen MR) is 139 cm³/mol. The minimum atomic E-state index is -0.436. The van der Waals surface area contributed by atoms with Crippen LogP contribution in [0, 0.1) is 0 Å². The number of rotatable bonds is 6. The molecule has 1 atom stereocenters. The molecule has 1 unspecified atom stereocenters. The van der Waals surface area contributed by atoms with Crippen LogP contribution in [0.3, 0.4) is 0 Å². The fourth-order valence-corrected chi connectivity index (χ4v) is 4.37. The molecular weight excluding hydrogens is 460 g/mol. The van der Waals surface area contributed by atoms with E-state index in [1.54, 1.807) is 23.0 Å². The van der Waals surface area contributed by atoms with Crippen molar-refractivity contribution in [1.82, 2.24) is 24.1 Å². The van der Waals surface area contributed by atoms with E-state index in [9.17, 15) is 4.79 Å². The van der Waals surface area contributed by atoms with Gasteiger partial charge >= 0.3 is 0 Å². The number of hydrogen-bond acceptors (Lipinski definition) is 4. The molecular formula is C27H25ClN6O. The molecule has 1 N–H and O–H groups in total. The van der Waals surface area contributed by atoms with Gasteiger partial charge in [0.25, 0.3) is 0 Å². The lowest BCUT2D eigenvalue weighted by atomic mass is 10.0. The zero-order valence-electron chi connectivity index (χ0n) is 19.7. The Labute approximate surface area is 208 Å². The smallest absolute Gasteiger partial charge is 0.246 e. The highest BCUT2D eigenvalue weighted by atomic mass is 35.5. The minimum Gasteiger partial charge on any atom is -0.324 e. The highest BCUT2D eigenvalue weighted by Crippen LogP contribution is 2.29. The molecule has 5 rings (SSSR count). The zero-order chi connectivity index (χ0) is 24.5. The van der Waals surface area contributed by atoms with Gasteiger partial charge in [-0.3, -0.25) is 19.4 Å². The van der Waals surface area contributed by atoms with E-state index in [2.05, 4.69) is 32.1 Å². The van der Waals surface area contributed by atoms with E-state index in [1.165, 1.54) is 0 Å². The first-order valence-electron chi connectivity index (χ1n) is 11.2. The van der Waals surface area contributed by atoms with Crippen LogP contribution in [0.25, 0.3) is 27.9 Å². The molecule has 0 fully saturated rings. The summed E-state index contributed by atoms with van der Waals surface area (Å²) in [5.74, 6) is -0.113. The van der Waals surface area contributed by atoms with Gasteiger partial charge in [0.1, 0.15) is 6.04 Å². The van der Waals surface area contributed by atoms with Crippen molar-refractivity contribution in [3.63, 3.8) is 0 Å². The molecule has 3 heterocycles. The maximum Gasteiger partial charge on any atom is 0.246 e. The van der Waals surface area contributed by atoms with Gasteiger partial charge < -0.3 is 9.72 Å². The predicted octanol–water partition coefficient (Wildman–Crippen LogP) is 5.30. The summed E-state index contributed by atoms with van der Waals surface area (Å²) in [4.78, 5) is 19.6. The van der Waals surface area contributed by atoms with Crippen molar-refractivity contribution in [2.24, 2.45) is 7.05 Å². The minimum absolute atomic E-state index is 0.113. The molecule has 2 aromatic carbocycles. The molecule has 0 saturated carbocycles. The molecule has 1 amide bonds. The molecule has 0 aliphatic heterocycles. The number of aromatic nitrogens is 4. The van der Waals surface area contributed by atoms with Crippen LogP contribution in [0.5, 0.6) is 0 Å². The second kappa shape index (κ2) is 9.37. The number of fused-ring (bicyclic) bond motifs is 1. The van der Waals surface area contributed by atoms with Crippen LogP contribution in [0.1, 0.15) is 11.6 Å². The Hall–Kier alpha value is -3.94. The maximum absolute atomic E-state index is 13.1. The number of carbonyl (C=O) groups excluding carboxylic acids is 1. The Morgan fingerprint density at radius 2 is 1.74 bits per heavy atom. The van der Waals surface area contributed by atoms with Gasteiger partial charge in [-0.05, 0) is 50.0 Å². The van der Waals surface area contributed by atoms with Gasteiger partial charge in [-0.15, -0.1) is 0 Å². The third kappa shape index (κ3) is 4.69. The van der Waals surface area contributed by atoms with E-state index in [1.807, 2.05) is 81.0 Å². The summed E-state index contributed by atoms with van der Waals surface area (Å²) >= 11 is 6.02. The number of nitrogens with one attached hydrogen (secondary N) is 1. The number of amides is 1. The third-order valence-corrected chi connectivity index (χ3v) is 6.19. The highest BCUT2D eigenvalue weighted by Gasteiger charge is 2.23. The SMILES string of the molecule is CN(C)C(C(=O)Nc1ccc(-c2nccn3cc(-c4cnn(C)c4)cc23)cc1)c1ccc(Cl)cc1. The summed E-state index contributed by atoms with van der Waals surface area (Å²) in [6, 6.07) is 16.8. The summed E-state index contributed by atoms with van der Waals surface area (Å²) < 4.78 is 3.85. The first-order chi connectivity index (χ1) is 16.9. The fraction of sp³-hybridized carbons (Fsp3) is 0.148. The van der Waals surface area contributed by atoms with Gasteiger partial charge in [-0.25, -0.2) is 0 Å². The van der Waals surface area contributed by atoms with Crippen LogP contribution in [0.2, 0.25) is 5.02 Å². The lowest BCUT2D eigenvalue weighted by Gasteiger charge is -2.24. The Bertz CT molecular complexity index is 1480. The first-order valence-corrected chi connectivity index (χ1v) is 11.6. The quantitative estimate of drug-likeness (QED) is 0.355. The zero-order valence-corrected chi connectivity index (χ0v) is 20.4. The molecule has 8 heteroatoms. The van der Waals surface area contributed by atoms with Crippen LogP contribution < -0.4 is 5.32 Å². The first kappa shape index (κ1) is 22.8. The third-order valence-electron chi connectivity index (χ3n) is 5.94. The van der Waals surface area contributed by atoms with Crippen molar-refractivity contribution >= 4 is 28.7 Å². The number of hydrogen-bond donors (Lipinski definition) is 1. The van der Waals surface area contributed by atoms with Crippen LogP contribution in [0.15, 0.2) is 85.6 Å². The largest absolute Gasteiger partial charge is 0.324 e. The molecule has 3 aromatic heterocycles. The van der Waals surface area contributed by atoms with E-state index < -0.39 is 6.04 Å². The monoisotopic (exact) mass is 484 g/mol. The fourth-order valence-electron chi connectivity index (χ4n) is 4.24. The Morgan fingerprint density at radius 3 is 2.40 bits per heavy atom. The molecule has 0 aliphatic rings. The number of aryl methyl sites for hydroxylation is 1. The maximum atomic E-state index is 13.1. The van der Waals surface area contributed by atoms with Crippen molar-refractivity contribution in [3.8, 4) is 22.4 Å². The standard InChI is InChI=1S/C27H25ClN6O/c1-32(2)26(19-4-8-22(28)9-5-19)27(35)31-23-10-6-18(7-11-23)25-24-14-20(17-34(24)13-12-29-25)21-15-30-33(3)16-21/h4-17,26H,1-3H3,(H,31,35). The molecule has 0 spiro atoms. The number of carbonyl (C=O) groups is 1. The molecule has 176 valence electrons. The molecule has 0 aliphatic carbocycles. The number of benzene rings is 2. The Morgan fingerprint density at radius 1 is 1.00 bits per heavy atom. The number of anilines is 1. The average molecular weight is 485 g/mol. The topological polar surface area (TPSA) is 67.5 Å². The van der Waals surface area contributed by atoms with Crippen LogP contribution in [-0.4, -0.2) is 44.1 Å². The van der Waals surface area contributed by atoms with Crippen LogP contribution in [-0.2, 0) is 11.8 Å². The number of likely N-dealkylation sites (N-methyl/N-ethyl adjacent to an activating group) is 1. The van der Waals surface area contributed by atoms with Gasteiger partial charge in [0.2, 0.25) is 5.91 Å². The summed E-state index contributed by atoms with van der Waals surface area (Å²) in [5.41, 5.74) is 6.56. The second-order valence-electron chi connectivity index (χ2n) is 8.68. The molecule has 0 saturated heterocycles. The van der Waals surface area contributed by atoms with Gasteiger partial charge in [0, 0.05) is 59.2 Å². The summed E-state index contributed by atoms with van der Waals surface area (Å²) in [6.07, 6.45) is 9.64. The Balaban J connectivity index is 1.39. The summed E-state index contributed by atoms with van der Waals surface area (Å²) in [5, 5.41) is 7.94. The van der Waals surface area contributed by atoms with E-state index >= 15 is 0 Å². The van der Waals surface area contributed by atoms with E-state index in [0.717, 1.165) is 39.2 Å². The average Bonchev–Trinajstić information content (AvgIpc) is 3.47. The summed E-state index contributed by atoms with van der Waals surface area (Å²) in [6.45, 7) is 0. The normalized spacial score (nSPS) is 12.3. The highest BCUT2D eigenvalue weighted by molar-refractivity contribution is 6.30. The van der Waals surface area contributed by atoms with Crippen molar-refractivity contribution in [3.05, 3.63) is 96.2 Å². The lowest BCUT2D eigenvalue weighted by Crippen LogP contribution is -2.32. The van der Waals surface area contributed by atoms with Gasteiger partial charge in [0.05, 0.1) is 17.4 Å². The van der Waals surface area contributed by atoms with Crippen LogP contribution in [0.4, 0.5) is 5.69 Å². The van der Waals surface area contributed by atoms with Gasteiger partial charge in [0.15, 0.2) is 0 Å².